The molecule has 5 heteroatoms. The van der Waals surface area contributed by atoms with E-state index in [4.69, 9.17) is 14.5 Å². The highest BCUT2D eigenvalue weighted by Gasteiger charge is 2.47. The number of ether oxygens (including phenoxy) is 2. The first kappa shape index (κ1) is 21.5. The molecule has 0 amide bonds. The number of benzene rings is 1. The molecule has 2 saturated heterocycles. The van der Waals surface area contributed by atoms with Gasteiger partial charge in [0.25, 0.3) is 0 Å². The Kier molecular flexibility index (Phi) is 6.61. The maximum atomic E-state index is 6.38. The van der Waals surface area contributed by atoms with Crippen LogP contribution in [-0.4, -0.2) is 44.8 Å². The summed E-state index contributed by atoms with van der Waals surface area (Å²) in [7, 11) is 2.11. The number of hydrogen-bond acceptors (Lipinski definition) is 4. The number of nitrogens with zero attached hydrogens (tertiary/aromatic N) is 1. The van der Waals surface area contributed by atoms with E-state index >= 15 is 0 Å². The summed E-state index contributed by atoms with van der Waals surface area (Å²) in [6.45, 7) is 8.73. The lowest BCUT2D eigenvalue weighted by Gasteiger charge is -2.49. The van der Waals surface area contributed by atoms with Crippen molar-refractivity contribution < 1.29 is 9.47 Å². The number of nitrogens with one attached hydrogen (secondary N) is 1. The standard InChI is InChI=1S/C25H35BN2O2/c1-19-4-3-5-21(20(19)2)16-27-12-8-24(23-7-6-22(26)17-28-23)9-15-30-25(18-24)10-13-29-14-11-25/h3-7,17,27H,8-16,18,26H2,1-2H3. The van der Waals surface area contributed by atoms with Crippen molar-refractivity contribution in [1.29, 1.82) is 0 Å². The first-order valence-electron chi connectivity index (χ1n) is 11.4. The zero-order valence-corrected chi connectivity index (χ0v) is 18.8. The number of rotatable bonds is 6. The molecule has 0 radical (unpaired) electrons. The first-order chi connectivity index (χ1) is 14.5. The maximum absolute atomic E-state index is 6.38. The second kappa shape index (κ2) is 9.21. The molecule has 1 aromatic carbocycles. The predicted octanol–water partition coefficient (Wildman–Crippen LogP) is 2.73. The first-order valence-corrected chi connectivity index (χ1v) is 11.4. The number of hydrogen-bond donors (Lipinski definition) is 1. The van der Waals surface area contributed by atoms with Crippen molar-refractivity contribution in [2.24, 2.45) is 0 Å². The van der Waals surface area contributed by atoms with E-state index in [9.17, 15) is 0 Å². The van der Waals surface area contributed by atoms with E-state index in [0.29, 0.717) is 0 Å². The molecule has 30 heavy (non-hydrogen) atoms. The molecule has 2 aromatic rings. The Balaban J connectivity index is 1.49. The summed E-state index contributed by atoms with van der Waals surface area (Å²) in [6, 6.07) is 11.0. The number of pyridine rings is 1. The van der Waals surface area contributed by atoms with E-state index in [-0.39, 0.29) is 11.0 Å². The van der Waals surface area contributed by atoms with Crippen molar-refractivity contribution in [3.63, 3.8) is 0 Å². The van der Waals surface area contributed by atoms with Crippen LogP contribution >= 0.6 is 0 Å². The van der Waals surface area contributed by atoms with Crippen molar-refractivity contribution in [2.75, 3.05) is 26.4 Å². The largest absolute Gasteiger partial charge is 0.381 e. The molecular formula is C25H35BN2O2. The van der Waals surface area contributed by atoms with Crippen LogP contribution in [0.1, 0.15) is 54.5 Å². The summed E-state index contributed by atoms with van der Waals surface area (Å²) < 4.78 is 12.0. The predicted molar refractivity (Wildman–Crippen MR) is 124 cm³/mol. The van der Waals surface area contributed by atoms with Gasteiger partial charge in [0.05, 0.1) is 5.60 Å². The molecule has 4 nitrogen and oxygen atoms in total. The van der Waals surface area contributed by atoms with E-state index in [2.05, 4.69) is 57.3 Å². The molecule has 160 valence electrons. The Morgan fingerprint density at radius 1 is 1.07 bits per heavy atom. The molecule has 1 spiro atoms. The highest BCUT2D eigenvalue weighted by atomic mass is 16.5. The molecule has 0 saturated carbocycles. The summed E-state index contributed by atoms with van der Waals surface area (Å²) in [5, 5.41) is 3.72. The molecular weight excluding hydrogens is 371 g/mol. The summed E-state index contributed by atoms with van der Waals surface area (Å²) >= 11 is 0. The fraction of sp³-hybridized carbons (Fsp3) is 0.560. The smallest absolute Gasteiger partial charge is 0.141 e. The third kappa shape index (κ3) is 4.64. The van der Waals surface area contributed by atoms with Crippen LogP contribution in [0.2, 0.25) is 0 Å². The van der Waals surface area contributed by atoms with Crippen LogP contribution in [0.15, 0.2) is 36.5 Å². The van der Waals surface area contributed by atoms with Gasteiger partial charge in [-0.25, -0.2) is 0 Å². The van der Waals surface area contributed by atoms with Crippen LogP contribution in [0.4, 0.5) is 0 Å². The number of aromatic nitrogens is 1. The second-order valence-electron chi connectivity index (χ2n) is 9.36. The van der Waals surface area contributed by atoms with Gasteiger partial charge in [0.15, 0.2) is 0 Å². The summed E-state index contributed by atoms with van der Waals surface area (Å²) in [5.74, 6) is 0. The van der Waals surface area contributed by atoms with Gasteiger partial charge in [-0.2, -0.15) is 0 Å². The SMILES string of the molecule is Bc1ccc(C2(CCNCc3cccc(C)c3C)CCOC3(CCOCC3)C2)nc1. The van der Waals surface area contributed by atoms with Crippen molar-refractivity contribution in [3.05, 3.63) is 58.9 Å². The monoisotopic (exact) mass is 406 g/mol. The van der Waals surface area contributed by atoms with Crippen LogP contribution in [0.25, 0.3) is 0 Å². The molecule has 1 aromatic heterocycles. The second-order valence-corrected chi connectivity index (χ2v) is 9.36. The summed E-state index contributed by atoms with van der Waals surface area (Å²) in [4.78, 5) is 4.90. The van der Waals surface area contributed by atoms with Crippen molar-refractivity contribution in [3.8, 4) is 0 Å². The van der Waals surface area contributed by atoms with Crippen molar-refractivity contribution >= 4 is 13.3 Å². The minimum Gasteiger partial charge on any atom is -0.381 e. The summed E-state index contributed by atoms with van der Waals surface area (Å²) in [5.41, 5.74) is 6.62. The van der Waals surface area contributed by atoms with Gasteiger partial charge in [-0.15, -0.1) is 0 Å². The van der Waals surface area contributed by atoms with Crippen LogP contribution in [0.3, 0.4) is 0 Å². The average molecular weight is 406 g/mol. The molecule has 1 atom stereocenters. The molecule has 4 rings (SSSR count). The van der Waals surface area contributed by atoms with E-state index in [1.807, 2.05) is 6.20 Å². The fourth-order valence-electron chi connectivity index (χ4n) is 5.18. The normalized spacial score (nSPS) is 23.5. The Morgan fingerprint density at radius 3 is 2.67 bits per heavy atom. The zero-order chi connectivity index (χ0) is 21.0. The molecule has 3 heterocycles. The zero-order valence-electron chi connectivity index (χ0n) is 18.8. The van der Waals surface area contributed by atoms with Gasteiger partial charge in [-0.05, 0) is 75.3 Å². The Labute approximate surface area is 182 Å². The van der Waals surface area contributed by atoms with Gasteiger partial charge >= 0.3 is 0 Å². The molecule has 0 bridgehead atoms. The minimum absolute atomic E-state index is 0.0454. The van der Waals surface area contributed by atoms with Gasteiger partial charge in [-0.1, -0.05) is 29.7 Å². The van der Waals surface area contributed by atoms with Crippen LogP contribution in [0, 0.1) is 13.8 Å². The van der Waals surface area contributed by atoms with E-state index in [0.717, 1.165) is 65.0 Å². The van der Waals surface area contributed by atoms with Crippen LogP contribution < -0.4 is 10.8 Å². The lowest BCUT2D eigenvalue weighted by molar-refractivity contribution is -0.154. The molecule has 1 unspecified atom stereocenters. The van der Waals surface area contributed by atoms with Crippen LogP contribution in [-0.2, 0) is 21.4 Å². The molecule has 0 aliphatic carbocycles. The highest BCUT2D eigenvalue weighted by molar-refractivity contribution is 6.32. The van der Waals surface area contributed by atoms with Crippen molar-refractivity contribution in [1.82, 2.24) is 10.3 Å². The lowest BCUT2D eigenvalue weighted by atomic mass is 9.66. The Hall–Kier alpha value is -1.69. The van der Waals surface area contributed by atoms with Crippen molar-refractivity contribution in [2.45, 2.75) is 63.5 Å². The topological polar surface area (TPSA) is 43.4 Å². The van der Waals surface area contributed by atoms with Gasteiger partial charge in [0.1, 0.15) is 7.85 Å². The van der Waals surface area contributed by atoms with E-state index in [1.54, 1.807) is 0 Å². The van der Waals surface area contributed by atoms with Crippen LogP contribution in [0.5, 0.6) is 0 Å². The lowest BCUT2D eigenvalue weighted by Crippen LogP contribution is -2.51. The third-order valence-electron chi connectivity index (χ3n) is 7.32. The Morgan fingerprint density at radius 2 is 1.90 bits per heavy atom. The Bertz CT molecular complexity index is 843. The molecule has 2 aliphatic rings. The highest BCUT2D eigenvalue weighted by Crippen LogP contribution is 2.46. The van der Waals surface area contributed by atoms with Gasteiger partial charge in [-0.3, -0.25) is 4.98 Å². The quantitative estimate of drug-likeness (QED) is 0.592. The average Bonchev–Trinajstić information content (AvgIpc) is 2.75. The minimum atomic E-state index is -0.0454. The van der Waals surface area contributed by atoms with E-state index in [1.165, 1.54) is 27.8 Å². The fourth-order valence-corrected chi connectivity index (χ4v) is 5.18. The van der Waals surface area contributed by atoms with Gasteiger partial charge < -0.3 is 14.8 Å². The maximum Gasteiger partial charge on any atom is 0.141 e. The van der Waals surface area contributed by atoms with Gasteiger partial charge in [0.2, 0.25) is 0 Å². The molecule has 2 fully saturated rings. The third-order valence-corrected chi connectivity index (χ3v) is 7.32. The van der Waals surface area contributed by atoms with Gasteiger partial charge in [0, 0.05) is 43.7 Å². The molecule has 1 N–H and O–H groups in total. The molecule has 2 aliphatic heterocycles. The summed E-state index contributed by atoms with van der Waals surface area (Å²) in [6.07, 6.45) is 7.18. The van der Waals surface area contributed by atoms with E-state index < -0.39 is 0 Å². The number of aryl methyl sites for hydroxylation is 1.